The van der Waals surface area contributed by atoms with Crippen molar-refractivity contribution in [2.75, 3.05) is 0 Å². The van der Waals surface area contributed by atoms with Crippen LogP contribution in [0.3, 0.4) is 0 Å². The maximum atomic E-state index is 10.7. The van der Waals surface area contributed by atoms with Crippen LogP contribution in [0.5, 0.6) is 0 Å². The molecule has 0 bridgehead atoms. The predicted octanol–water partition coefficient (Wildman–Crippen LogP) is 2.96. The molecule has 1 heterocycles. The van der Waals surface area contributed by atoms with Crippen molar-refractivity contribution in [3.63, 3.8) is 0 Å². The quantitative estimate of drug-likeness (QED) is 0.825. The molecule has 1 aliphatic carbocycles. The summed E-state index contributed by atoms with van der Waals surface area (Å²) in [7, 11) is 0. The summed E-state index contributed by atoms with van der Waals surface area (Å²) in [6.07, 6.45) is 5.44. The van der Waals surface area contributed by atoms with Gasteiger partial charge in [-0.1, -0.05) is 25.7 Å². The molecule has 1 fully saturated rings. The average Bonchev–Trinajstić information content (AvgIpc) is 2.61. The summed E-state index contributed by atoms with van der Waals surface area (Å²) in [4.78, 5) is 0. The second kappa shape index (κ2) is 6.58. The summed E-state index contributed by atoms with van der Waals surface area (Å²) < 4.78 is 2.86. The minimum absolute atomic E-state index is 0.450. The summed E-state index contributed by atoms with van der Waals surface area (Å²) in [6, 6.07) is 0. The number of hydrogen-bond acceptors (Lipinski definition) is 3. The van der Waals surface area contributed by atoms with E-state index in [9.17, 15) is 10.2 Å². The van der Waals surface area contributed by atoms with Gasteiger partial charge in [-0.05, 0) is 42.6 Å². The normalized spacial score (nSPS) is 20.6. The van der Waals surface area contributed by atoms with Crippen LogP contribution in [0.25, 0.3) is 0 Å². The molecule has 114 valence electrons. The zero-order valence-corrected chi connectivity index (χ0v) is 14.0. The molecule has 2 N–H and O–H groups in total. The van der Waals surface area contributed by atoms with Crippen molar-refractivity contribution in [2.45, 2.75) is 77.0 Å². The molecule has 1 aromatic rings. The molecule has 0 spiro atoms. The Labute approximate surface area is 129 Å². The molecule has 4 nitrogen and oxygen atoms in total. The van der Waals surface area contributed by atoms with Crippen molar-refractivity contribution in [3.8, 4) is 0 Å². The van der Waals surface area contributed by atoms with Gasteiger partial charge in [-0.2, -0.15) is 5.10 Å². The summed E-state index contributed by atoms with van der Waals surface area (Å²) >= 11 is 3.55. The van der Waals surface area contributed by atoms with E-state index in [-0.39, 0.29) is 0 Å². The fourth-order valence-electron chi connectivity index (χ4n) is 3.11. The van der Waals surface area contributed by atoms with Crippen molar-refractivity contribution in [3.05, 3.63) is 15.9 Å². The molecule has 1 atom stereocenters. The Morgan fingerprint density at radius 2 is 1.90 bits per heavy atom. The Hall–Kier alpha value is -0.390. The van der Waals surface area contributed by atoms with E-state index in [0.29, 0.717) is 19.3 Å². The van der Waals surface area contributed by atoms with Gasteiger partial charge in [0.2, 0.25) is 0 Å². The van der Waals surface area contributed by atoms with Gasteiger partial charge < -0.3 is 10.2 Å². The van der Waals surface area contributed by atoms with Gasteiger partial charge in [0.25, 0.3) is 0 Å². The van der Waals surface area contributed by atoms with Crippen LogP contribution >= 0.6 is 15.9 Å². The van der Waals surface area contributed by atoms with Crippen LogP contribution in [0.4, 0.5) is 0 Å². The van der Waals surface area contributed by atoms with Crippen molar-refractivity contribution in [1.29, 1.82) is 0 Å². The summed E-state index contributed by atoms with van der Waals surface area (Å²) in [5.41, 5.74) is 0.976. The second-order valence-corrected chi connectivity index (χ2v) is 6.69. The number of aliphatic hydroxyl groups excluding tert-OH is 1. The molecule has 1 aromatic heterocycles. The van der Waals surface area contributed by atoms with Crippen LogP contribution in [0.2, 0.25) is 0 Å². The SMILES string of the molecule is CCn1nc(C)c(Br)c1CC(O)C1(O)CCCCCC1. The Morgan fingerprint density at radius 1 is 1.30 bits per heavy atom. The zero-order valence-electron chi connectivity index (χ0n) is 12.4. The Morgan fingerprint density at radius 3 is 2.45 bits per heavy atom. The van der Waals surface area contributed by atoms with E-state index in [1.807, 2.05) is 18.5 Å². The van der Waals surface area contributed by atoms with Crippen molar-refractivity contribution in [2.24, 2.45) is 0 Å². The van der Waals surface area contributed by atoms with Gasteiger partial charge in [-0.15, -0.1) is 0 Å². The van der Waals surface area contributed by atoms with Crippen LogP contribution < -0.4 is 0 Å². The Kier molecular flexibility index (Phi) is 5.26. The largest absolute Gasteiger partial charge is 0.390 e. The zero-order chi connectivity index (χ0) is 14.8. The smallest absolute Gasteiger partial charge is 0.0909 e. The highest BCUT2D eigenvalue weighted by Crippen LogP contribution is 2.32. The number of aryl methyl sites for hydroxylation is 2. The highest BCUT2D eigenvalue weighted by atomic mass is 79.9. The molecule has 5 heteroatoms. The fourth-order valence-corrected chi connectivity index (χ4v) is 3.56. The lowest BCUT2D eigenvalue weighted by Crippen LogP contribution is -2.43. The van der Waals surface area contributed by atoms with Crippen LogP contribution in [-0.4, -0.2) is 31.7 Å². The van der Waals surface area contributed by atoms with E-state index in [1.54, 1.807) is 0 Å². The second-order valence-electron chi connectivity index (χ2n) is 5.90. The Bertz CT molecular complexity index is 451. The third kappa shape index (κ3) is 3.26. The van der Waals surface area contributed by atoms with E-state index in [1.165, 1.54) is 0 Å². The third-order valence-corrected chi connectivity index (χ3v) is 5.46. The molecule has 0 radical (unpaired) electrons. The van der Waals surface area contributed by atoms with Gasteiger partial charge in [0, 0.05) is 13.0 Å². The minimum atomic E-state index is -0.938. The summed E-state index contributed by atoms with van der Waals surface area (Å²) in [5, 5.41) is 25.7. The monoisotopic (exact) mass is 344 g/mol. The molecule has 1 saturated carbocycles. The summed E-state index contributed by atoms with van der Waals surface area (Å²) in [5.74, 6) is 0. The van der Waals surface area contributed by atoms with Crippen molar-refractivity contribution < 1.29 is 10.2 Å². The van der Waals surface area contributed by atoms with E-state index < -0.39 is 11.7 Å². The highest BCUT2D eigenvalue weighted by molar-refractivity contribution is 9.10. The molecular formula is C15H25BrN2O2. The molecule has 0 aromatic carbocycles. The molecule has 0 saturated heterocycles. The van der Waals surface area contributed by atoms with Gasteiger partial charge in [0.15, 0.2) is 0 Å². The first-order valence-electron chi connectivity index (χ1n) is 7.60. The van der Waals surface area contributed by atoms with E-state index >= 15 is 0 Å². The molecule has 0 aliphatic heterocycles. The fraction of sp³-hybridized carbons (Fsp3) is 0.800. The standard InChI is InChI=1S/C15H25BrN2O2/c1-3-18-12(14(16)11(2)17-18)10-13(19)15(20)8-6-4-5-7-9-15/h13,19-20H,3-10H2,1-2H3. The van der Waals surface area contributed by atoms with Crippen LogP contribution in [0.1, 0.15) is 56.8 Å². The average molecular weight is 345 g/mol. The molecule has 1 unspecified atom stereocenters. The molecule has 20 heavy (non-hydrogen) atoms. The number of aliphatic hydroxyl groups is 2. The van der Waals surface area contributed by atoms with E-state index in [4.69, 9.17) is 0 Å². The maximum absolute atomic E-state index is 10.7. The maximum Gasteiger partial charge on any atom is 0.0909 e. The number of hydrogen-bond donors (Lipinski definition) is 2. The molecule has 1 aliphatic rings. The van der Waals surface area contributed by atoms with E-state index in [2.05, 4.69) is 21.0 Å². The molecular weight excluding hydrogens is 320 g/mol. The Balaban J connectivity index is 2.16. The lowest BCUT2D eigenvalue weighted by Gasteiger charge is -2.32. The number of aromatic nitrogens is 2. The number of rotatable bonds is 4. The first-order valence-corrected chi connectivity index (χ1v) is 8.39. The minimum Gasteiger partial charge on any atom is -0.390 e. The molecule has 2 rings (SSSR count). The van der Waals surface area contributed by atoms with Crippen LogP contribution in [0.15, 0.2) is 4.47 Å². The van der Waals surface area contributed by atoms with Gasteiger partial charge in [0.05, 0.1) is 27.6 Å². The highest BCUT2D eigenvalue weighted by Gasteiger charge is 2.36. The lowest BCUT2D eigenvalue weighted by atomic mass is 9.86. The van der Waals surface area contributed by atoms with Gasteiger partial charge in [0.1, 0.15) is 0 Å². The summed E-state index contributed by atoms with van der Waals surface area (Å²) in [6.45, 7) is 4.76. The predicted molar refractivity (Wildman–Crippen MR) is 82.7 cm³/mol. The lowest BCUT2D eigenvalue weighted by molar-refractivity contribution is -0.0843. The van der Waals surface area contributed by atoms with Crippen LogP contribution in [-0.2, 0) is 13.0 Å². The van der Waals surface area contributed by atoms with Crippen molar-refractivity contribution in [1.82, 2.24) is 9.78 Å². The first-order chi connectivity index (χ1) is 9.48. The van der Waals surface area contributed by atoms with Crippen LogP contribution in [0, 0.1) is 6.92 Å². The number of halogens is 1. The first kappa shape index (κ1) is 16.0. The van der Waals surface area contributed by atoms with Gasteiger partial charge in [-0.25, -0.2) is 0 Å². The third-order valence-electron chi connectivity index (χ3n) is 4.43. The molecule has 0 amide bonds. The van der Waals surface area contributed by atoms with E-state index in [0.717, 1.165) is 48.1 Å². The topological polar surface area (TPSA) is 58.3 Å². The van der Waals surface area contributed by atoms with Gasteiger partial charge >= 0.3 is 0 Å². The number of nitrogens with zero attached hydrogens (tertiary/aromatic N) is 2. The van der Waals surface area contributed by atoms with Gasteiger partial charge in [-0.3, -0.25) is 4.68 Å². The van der Waals surface area contributed by atoms with Crippen molar-refractivity contribution >= 4 is 15.9 Å².